The highest BCUT2D eigenvalue weighted by molar-refractivity contribution is 5.88. The van der Waals surface area contributed by atoms with Gasteiger partial charge in [-0.25, -0.2) is 9.18 Å². The predicted octanol–water partition coefficient (Wildman–Crippen LogP) is 3.14. The Labute approximate surface area is 115 Å². The Morgan fingerprint density at radius 1 is 1.30 bits per heavy atom. The van der Waals surface area contributed by atoms with Gasteiger partial charge in [0.1, 0.15) is 11.6 Å². The van der Waals surface area contributed by atoms with Crippen molar-refractivity contribution in [1.82, 2.24) is 0 Å². The number of carboxylic acids is 1. The summed E-state index contributed by atoms with van der Waals surface area (Å²) >= 11 is 0. The summed E-state index contributed by atoms with van der Waals surface area (Å²) in [6.07, 6.45) is 0. The van der Waals surface area contributed by atoms with Gasteiger partial charge in [0, 0.05) is 12.1 Å². The van der Waals surface area contributed by atoms with Crippen molar-refractivity contribution in [2.24, 2.45) is 0 Å². The minimum Gasteiger partial charge on any atom is -0.496 e. The van der Waals surface area contributed by atoms with Crippen LogP contribution in [0.4, 0.5) is 10.1 Å². The molecule has 0 atom stereocenters. The molecule has 0 heterocycles. The molecule has 2 rings (SSSR count). The summed E-state index contributed by atoms with van der Waals surface area (Å²) in [6.45, 7) is 0.382. The molecule has 2 aromatic carbocycles. The number of ether oxygens (including phenoxy) is 1. The fraction of sp³-hybridized carbons (Fsp3) is 0.133. The van der Waals surface area contributed by atoms with Crippen LogP contribution in [0.5, 0.6) is 5.75 Å². The predicted molar refractivity (Wildman–Crippen MR) is 73.7 cm³/mol. The number of methoxy groups -OCH3 is 1. The van der Waals surface area contributed by atoms with E-state index in [9.17, 15) is 9.18 Å². The molecule has 20 heavy (non-hydrogen) atoms. The standard InChI is InChI=1S/C15H14FNO3/c1-20-14-5-3-2-4-11(14)9-17-13-7-6-10(15(18)19)8-12(13)16/h2-8,17H,9H2,1H3,(H,18,19). The monoisotopic (exact) mass is 275 g/mol. The Bertz CT molecular complexity index is 628. The second-order valence-electron chi connectivity index (χ2n) is 4.17. The summed E-state index contributed by atoms with van der Waals surface area (Å²) in [4.78, 5) is 10.7. The SMILES string of the molecule is COc1ccccc1CNc1ccc(C(=O)O)cc1F. The van der Waals surface area contributed by atoms with Crippen molar-refractivity contribution in [3.05, 3.63) is 59.4 Å². The van der Waals surface area contributed by atoms with Gasteiger partial charge in [0.15, 0.2) is 0 Å². The molecule has 2 N–H and O–H groups in total. The molecular weight excluding hydrogens is 261 g/mol. The first-order chi connectivity index (χ1) is 9.61. The van der Waals surface area contributed by atoms with Crippen molar-refractivity contribution < 1.29 is 19.0 Å². The lowest BCUT2D eigenvalue weighted by atomic mass is 10.1. The maximum absolute atomic E-state index is 13.7. The second kappa shape index (κ2) is 6.06. The maximum Gasteiger partial charge on any atom is 0.335 e. The number of benzene rings is 2. The van der Waals surface area contributed by atoms with Crippen LogP contribution in [0.15, 0.2) is 42.5 Å². The number of anilines is 1. The molecule has 0 saturated carbocycles. The van der Waals surface area contributed by atoms with Crippen molar-refractivity contribution in [3.8, 4) is 5.75 Å². The Balaban J connectivity index is 2.13. The van der Waals surface area contributed by atoms with E-state index in [1.54, 1.807) is 7.11 Å². The molecule has 0 aliphatic carbocycles. The average molecular weight is 275 g/mol. The minimum atomic E-state index is -1.15. The van der Waals surface area contributed by atoms with Crippen LogP contribution in [-0.2, 0) is 6.54 Å². The van der Waals surface area contributed by atoms with Gasteiger partial charge in [-0.15, -0.1) is 0 Å². The summed E-state index contributed by atoms with van der Waals surface area (Å²) in [5.74, 6) is -1.04. The molecule has 0 aliphatic rings. The summed E-state index contributed by atoms with van der Waals surface area (Å²) in [7, 11) is 1.57. The Morgan fingerprint density at radius 3 is 2.70 bits per heavy atom. The number of hydrogen-bond donors (Lipinski definition) is 2. The number of rotatable bonds is 5. The minimum absolute atomic E-state index is 0.0784. The lowest BCUT2D eigenvalue weighted by molar-refractivity contribution is 0.0696. The topological polar surface area (TPSA) is 58.6 Å². The van der Waals surface area contributed by atoms with Gasteiger partial charge >= 0.3 is 5.97 Å². The molecule has 4 nitrogen and oxygen atoms in total. The molecule has 0 aromatic heterocycles. The van der Waals surface area contributed by atoms with Crippen molar-refractivity contribution in [2.75, 3.05) is 12.4 Å². The van der Waals surface area contributed by atoms with Crippen LogP contribution in [-0.4, -0.2) is 18.2 Å². The van der Waals surface area contributed by atoms with E-state index in [4.69, 9.17) is 9.84 Å². The Morgan fingerprint density at radius 2 is 2.05 bits per heavy atom. The summed E-state index contributed by atoms with van der Waals surface area (Å²) in [5, 5.41) is 11.7. The third-order valence-electron chi connectivity index (χ3n) is 2.88. The van der Waals surface area contributed by atoms with E-state index in [1.165, 1.54) is 12.1 Å². The number of nitrogens with one attached hydrogen (secondary N) is 1. The van der Waals surface area contributed by atoms with Crippen LogP contribution < -0.4 is 10.1 Å². The molecule has 0 bridgehead atoms. The molecule has 0 amide bonds. The van der Waals surface area contributed by atoms with Crippen LogP contribution >= 0.6 is 0 Å². The van der Waals surface area contributed by atoms with E-state index in [2.05, 4.69) is 5.32 Å². The maximum atomic E-state index is 13.7. The van der Waals surface area contributed by atoms with E-state index in [0.717, 1.165) is 11.6 Å². The van der Waals surface area contributed by atoms with E-state index >= 15 is 0 Å². The summed E-state index contributed by atoms with van der Waals surface area (Å²) in [5.41, 5.74) is 1.06. The number of carboxylic acid groups (broad SMARTS) is 1. The molecule has 0 unspecified atom stereocenters. The molecule has 0 spiro atoms. The number of hydrogen-bond acceptors (Lipinski definition) is 3. The summed E-state index contributed by atoms with van der Waals surface area (Å²) < 4.78 is 18.9. The fourth-order valence-corrected chi connectivity index (χ4v) is 1.83. The number of carbonyl (C=O) groups is 1. The van der Waals surface area contributed by atoms with Crippen molar-refractivity contribution in [2.45, 2.75) is 6.54 Å². The largest absolute Gasteiger partial charge is 0.496 e. The smallest absolute Gasteiger partial charge is 0.335 e. The third kappa shape index (κ3) is 3.06. The fourth-order valence-electron chi connectivity index (χ4n) is 1.83. The van der Waals surface area contributed by atoms with Crippen molar-refractivity contribution in [1.29, 1.82) is 0 Å². The van der Waals surface area contributed by atoms with Gasteiger partial charge in [0.2, 0.25) is 0 Å². The first kappa shape index (κ1) is 13.9. The molecule has 5 heteroatoms. The highest BCUT2D eigenvalue weighted by Gasteiger charge is 2.09. The normalized spacial score (nSPS) is 10.1. The molecule has 0 fully saturated rings. The van der Waals surface area contributed by atoms with E-state index in [1.807, 2.05) is 24.3 Å². The molecule has 2 aromatic rings. The van der Waals surface area contributed by atoms with Gasteiger partial charge in [0.05, 0.1) is 18.4 Å². The van der Waals surface area contributed by atoms with Crippen LogP contribution in [0.2, 0.25) is 0 Å². The second-order valence-corrected chi connectivity index (χ2v) is 4.17. The lowest BCUT2D eigenvalue weighted by Crippen LogP contribution is -2.04. The van der Waals surface area contributed by atoms with Crippen LogP contribution in [0.1, 0.15) is 15.9 Å². The van der Waals surface area contributed by atoms with Gasteiger partial charge in [-0.1, -0.05) is 18.2 Å². The molecule has 104 valence electrons. The van der Waals surface area contributed by atoms with E-state index < -0.39 is 11.8 Å². The number of para-hydroxylation sites is 1. The molecule has 0 radical (unpaired) electrons. The molecule has 0 saturated heterocycles. The highest BCUT2D eigenvalue weighted by atomic mass is 19.1. The average Bonchev–Trinajstić information content (AvgIpc) is 2.46. The van der Waals surface area contributed by atoms with Crippen LogP contribution in [0, 0.1) is 5.82 Å². The number of aromatic carboxylic acids is 1. The highest BCUT2D eigenvalue weighted by Crippen LogP contribution is 2.21. The third-order valence-corrected chi connectivity index (χ3v) is 2.88. The van der Waals surface area contributed by atoms with Gasteiger partial charge in [0.25, 0.3) is 0 Å². The van der Waals surface area contributed by atoms with Crippen molar-refractivity contribution in [3.63, 3.8) is 0 Å². The molecule has 0 aliphatic heterocycles. The van der Waals surface area contributed by atoms with Crippen molar-refractivity contribution >= 4 is 11.7 Å². The van der Waals surface area contributed by atoms with E-state index in [0.29, 0.717) is 12.3 Å². The zero-order valence-electron chi connectivity index (χ0n) is 10.9. The zero-order valence-corrected chi connectivity index (χ0v) is 10.9. The van der Waals surface area contributed by atoms with Gasteiger partial charge in [-0.05, 0) is 24.3 Å². The number of halogens is 1. The zero-order chi connectivity index (χ0) is 14.5. The summed E-state index contributed by atoms with van der Waals surface area (Å²) in [6, 6.07) is 11.2. The molecular formula is C15H14FNO3. The Hall–Kier alpha value is -2.56. The van der Waals surface area contributed by atoms with Gasteiger partial charge in [-0.2, -0.15) is 0 Å². The van der Waals surface area contributed by atoms with Gasteiger partial charge in [-0.3, -0.25) is 0 Å². The lowest BCUT2D eigenvalue weighted by Gasteiger charge is -2.11. The van der Waals surface area contributed by atoms with Crippen LogP contribution in [0.25, 0.3) is 0 Å². The first-order valence-electron chi connectivity index (χ1n) is 6.00. The van der Waals surface area contributed by atoms with E-state index in [-0.39, 0.29) is 11.3 Å². The van der Waals surface area contributed by atoms with Gasteiger partial charge < -0.3 is 15.2 Å². The first-order valence-corrected chi connectivity index (χ1v) is 6.00. The quantitative estimate of drug-likeness (QED) is 0.880. The van der Waals surface area contributed by atoms with Crippen LogP contribution in [0.3, 0.4) is 0 Å². The Kier molecular flexibility index (Phi) is 4.20.